The van der Waals surface area contributed by atoms with Crippen molar-refractivity contribution in [2.24, 2.45) is 0 Å². The summed E-state index contributed by atoms with van der Waals surface area (Å²) in [5, 5.41) is 2.55. The molecule has 164 valence electrons. The van der Waals surface area contributed by atoms with Crippen LogP contribution in [0.15, 0.2) is 55.0 Å². The van der Waals surface area contributed by atoms with E-state index in [4.69, 9.17) is 0 Å². The smallest absolute Gasteiger partial charge is 0.323 e. The number of fused-ring (bicyclic) bond motifs is 1. The van der Waals surface area contributed by atoms with Crippen molar-refractivity contribution in [2.45, 2.75) is 37.1 Å². The summed E-state index contributed by atoms with van der Waals surface area (Å²) in [5.41, 5.74) is 1.58. The fourth-order valence-electron chi connectivity index (χ4n) is 4.45. The number of imide groups is 1. The Bertz CT molecular complexity index is 1230. The van der Waals surface area contributed by atoms with Crippen molar-refractivity contribution in [3.63, 3.8) is 0 Å². The predicted molar refractivity (Wildman–Crippen MR) is 111 cm³/mol. The Morgan fingerprint density at radius 1 is 1.03 bits per heavy atom. The van der Waals surface area contributed by atoms with Gasteiger partial charge in [-0.15, -0.1) is 0 Å². The van der Waals surface area contributed by atoms with Gasteiger partial charge in [0.15, 0.2) is 5.78 Å². The lowest BCUT2D eigenvalue weighted by atomic mass is 9.80. The Balaban J connectivity index is 1.32. The lowest BCUT2D eigenvalue weighted by molar-refractivity contribution is -0.135. The standard InChI is InChI=1S/C23H20F2N4O3/c24-23(25)9-7-22(8-10-23)20(31)29(21(32)27-22)14-18(30)16-5-3-15(4-6-16)17-2-1-12-28-13-11-26-19(17)28/h1-6,11-13H,7-10,14H2,(H,27,32). The van der Waals surface area contributed by atoms with Crippen molar-refractivity contribution in [1.82, 2.24) is 19.6 Å². The molecule has 9 heteroatoms. The van der Waals surface area contributed by atoms with Crippen LogP contribution < -0.4 is 5.32 Å². The fourth-order valence-corrected chi connectivity index (χ4v) is 4.45. The Labute approximate surface area is 182 Å². The van der Waals surface area contributed by atoms with E-state index in [1.54, 1.807) is 30.5 Å². The molecule has 32 heavy (non-hydrogen) atoms. The molecule has 2 aromatic heterocycles. The van der Waals surface area contributed by atoms with Gasteiger partial charge in [-0.2, -0.15) is 0 Å². The van der Waals surface area contributed by atoms with Crippen molar-refractivity contribution in [1.29, 1.82) is 0 Å². The molecule has 2 aliphatic rings. The molecule has 0 bridgehead atoms. The fraction of sp³-hybridized carbons (Fsp3) is 0.304. The zero-order valence-corrected chi connectivity index (χ0v) is 17.1. The summed E-state index contributed by atoms with van der Waals surface area (Å²) in [5.74, 6) is -3.84. The highest BCUT2D eigenvalue weighted by atomic mass is 19.3. The maximum atomic E-state index is 13.5. The third-order valence-corrected chi connectivity index (χ3v) is 6.32. The molecule has 3 amide bonds. The van der Waals surface area contributed by atoms with Gasteiger partial charge in [-0.1, -0.05) is 24.3 Å². The summed E-state index contributed by atoms with van der Waals surface area (Å²) >= 11 is 0. The molecule has 1 saturated heterocycles. The highest BCUT2D eigenvalue weighted by Gasteiger charge is 2.55. The molecular weight excluding hydrogens is 418 g/mol. The first-order valence-electron chi connectivity index (χ1n) is 10.4. The number of halogens is 2. The van der Waals surface area contributed by atoms with E-state index in [0.717, 1.165) is 21.7 Å². The predicted octanol–water partition coefficient (Wildman–Crippen LogP) is 3.68. The number of hydrogen-bond donors (Lipinski definition) is 1. The molecule has 1 N–H and O–H groups in total. The van der Waals surface area contributed by atoms with E-state index < -0.39 is 48.6 Å². The van der Waals surface area contributed by atoms with Crippen molar-refractivity contribution < 1.29 is 23.2 Å². The van der Waals surface area contributed by atoms with Gasteiger partial charge in [0, 0.05) is 42.6 Å². The second kappa shape index (κ2) is 7.22. The average molecular weight is 438 g/mol. The summed E-state index contributed by atoms with van der Waals surface area (Å²) in [4.78, 5) is 43.2. The van der Waals surface area contributed by atoms with E-state index in [9.17, 15) is 23.2 Å². The quantitative estimate of drug-likeness (QED) is 0.498. The molecule has 2 fully saturated rings. The minimum absolute atomic E-state index is 0.136. The minimum atomic E-state index is -2.83. The lowest BCUT2D eigenvalue weighted by Gasteiger charge is -2.34. The first-order chi connectivity index (χ1) is 15.3. The zero-order chi connectivity index (χ0) is 22.5. The molecule has 3 aromatic rings. The van der Waals surface area contributed by atoms with E-state index >= 15 is 0 Å². The summed E-state index contributed by atoms with van der Waals surface area (Å²) in [6.45, 7) is -0.433. The number of rotatable bonds is 4. The highest BCUT2D eigenvalue weighted by Crippen LogP contribution is 2.41. The summed E-state index contributed by atoms with van der Waals surface area (Å²) < 4.78 is 28.9. The number of pyridine rings is 1. The van der Waals surface area contributed by atoms with Gasteiger partial charge < -0.3 is 9.72 Å². The van der Waals surface area contributed by atoms with Gasteiger partial charge in [-0.3, -0.25) is 14.5 Å². The summed E-state index contributed by atoms with van der Waals surface area (Å²) in [7, 11) is 0. The van der Waals surface area contributed by atoms with Gasteiger partial charge in [-0.05, 0) is 30.5 Å². The molecule has 1 aromatic carbocycles. The topological polar surface area (TPSA) is 83.8 Å². The zero-order valence-electron chi connectivity index (χ0n) is 17.1. The van der Waals surface area contributed by atoms with Crippen LogP contribution in [0.1, 0.15) is 36.0 Å². The number of urea groups is 1. The van der Waals surface area contributed by atoms with Crippen LogP contribution in [0.2, 0.25) is 0 Å². The first kappa shape index (κ1) is 20.3. The largest absolute Gasteiger partial charge is 0.325 e. The number of carbonyl (C=O) groups is 3. The normalized spacial score (nSPS) is 19.5. The molecule has 1 aliphatic heterocycles. The number of carbonyl (C=O) groups excluding carboxylic acids is 3. The number of benzene rings is 1. The summed E-state index contributed by atoms with van der Waals surface area (Å²) in [6.07, 6.45) is 4.23. The average Bonchev–Trinajstić information content (AvgIpc) is 3.35. The number of nitrogens with zero attached hydrogens (tertiary/aromatic N) is 3. The third kappa shape index (κ3) is 3.34. The Morgan fingerprint density at radius 2 is 1.75 bits per heavy atom. The molecule has 3 heterocycles. The highest BCUT2D eigenvalue weighted by molar-refractivity contribution is 6.11. The van der Waals surface area contributed by atoms with Gasteiger partial charge in [0.2, 0.25) is 5.92 Å². The summed E-state index contributed by atoms with van der Waals surface area (Å²) in [6, 6.07) is 9.97. The Morgan fingerprint density at radius 3 is 2.47 bits per heavy atom. The van der Waals surface area contributed by atoms with Crippen LogP contribution in [-0.2, 0) is 4.79 Å². The van der Waals surface area contributed by atoms with E-state index in [2.05, 4.69) is 10.3 Å². The number of imidazole rings is 1. The number of amides is 3. The molecule has 1 saturated carbocycles. The molecule has 0 radical (unpaired) electrons. The number of alkyl halides is 2. The molecule has 5 rings (SSSR count). The minimum Gasteiger partial charge on any atom is -0.323 e. The molecule has 7 nitrogen and oxygen atoms in total. The van der Waals surface area contributed by atoms with E-state index in [1.807, 2.05) is 28.9 Å². The number of nitrogens with one attached hydrogen (secondary N) is 1. The van der Waals surface area contributed by atoms with E-state index in [-0.39, 0.29) is 12.8 Å². The van der Waals surface area contributed by atoms with Crippen molar-refractivity contribution >= 4 is 23.4 Å². The lowest BCUT2D eigenvalue weighted by Crippen LogP contribution is -2.51. The van der Waals surface area contributed by atoms with Gasteiger partial charge in [0.1, 0.15) is 11.2 Å². The van der Waals surface area contributed by atoms with Crippen LogP contribution >= 0.6 is 0 Å². The van der Waals surface area contributed by atoms with Crippen molar-refractivity contribution in [2.75, 3.05) is 6.54 Å². The third-order valence-electron chi connectivity index (χ3n) is 6.32. The van der Waals surface area contributed by atoms with Crippen LogP contribution in [0, 0.1) is 0 Å². The number of Topliss-reactive ketones (excluding diaryl/α,β-unsaturated/α-hetero) is 1. The maximum absolute atomic E-state index is 13.5. The second-order valence-corrected chi connectivity index (χ2v) is 8.34. The molecule has 0 unspecified atom stereocenters. The van der Waals surface area contributed by atoms with Crippen molar-refractivity contribution in [3.05, 3.63) is 60.6 Å². The van der Waals surface area contributed by atoms with Crippen LogP contribution in [0.25, 0.3) is 16.8 Å². The van der Waals surface area contributed by atoms with Crippen LogP contribution in [0.5, 0.6) is 0 Å². The molecule has 1 spiro atoms. The van der Waals surface area contributed by atoms with E-state index in [1.165, 1.54) is 0 Å². The van der Waals surface area contributed by atoms with Crippen LogP contribution in [-0.4, -0.2) is 50.0 Å². The van der Waals surface area contributed by atoms with Crippen LogP contribution in [0.4, 0.5) is 13.6 Å². The molecule has 0 atom stereocenters. The van der Waals surface area contributed by atoms with Crippen molar-refractivity contribution in [3.8, 4) is 11.1 Å². The number of hydrogen-bond acceptors (Lipinski definition) is 4. The van der Waals surface area contributed by atoms with Gasteiger partial charge in [0.05, 0.1) is 6.54 Å². The Kier molecular flexibility index (Phi) is 4.58. The SMILES string of the molecule is O=C(CN1C(=O)NC2(CCC(F)(F)CC2)C1=O)c1ccc(-c2cccn3ccnc23)cc1. The van der Waals surface area contributed by atoms with Gasteiger partial charge in [-0.25, -0.2) is 18.6 Å². The number of ketones is 1. The van der Waals surface area contributed by atoms with Crippen LogP contribution in [0.3, 0.4) is 0 Å². The van der Waals surface area contributed by atoms with E-state index in [0.29, 0.717) is 5.56 Å². The maximum Gasteiger partial charge on any atom is 0.325 e. The number of aromatic nitrogens is 2. The Hall–Kier alpha value is -3.62. The monoisotopic (exact) mass is 438 g/mol. The van der Waals surface area contributed by atoms with Gasteiger partial charge in [0.25, 0.3) is 5.91 Å². The second-order valence-electron chi connectivity index (χ2n) is 8.34. The molecule has 1 aliphatic carbocycles. The van der Waals surface area contributed by atoms with Gasteiger partial charge >= 0.3 is 6.03 Å². The molecular formula is C23H20F2N4O3. The first-order valence-corrected chi connectivity index (χ1v) is 10.4.